The first-order chi connectivity index (χ1) is 10.2. The number of hydrogen-bond acceptors (Lipinski definition) is 3. The molecule has 1 heterocycles. The number of unbranched alkanes of at least 4 members (excludes halogenated alkanes) is 2. The van der Waals surface area contributed by atoms with Crippen molar-refractivity contribution in [2.75, 3.05) is 13.2 Å². The molecule has 1 saturated heterocycles. The van der Waals surface area contributed by atoms with Crippen molar-refractivity contribution in [3.63, 3.8) is 0 Å². The molecule has 5 heteroatoms. The Hall–Kier alpha value is -0.650. The third-order valence-electron chi connectivity index (χ3n) is 3.56. The minimum Gasteiger partial charge on any atom is -0.348 e. The average Bonchev–Trinajstić information content (AvgIpc) is 2.49. The Morgan fingerprint density at radius 2 is 1.81 bits per heavy atom. The smallest absolute Gasteiger partial charge is 0.288 e. The number of alkyl halides is 2. The molecule has 0 radical (unpaired) electrons. The Kier molecular flexibility index (Phi) is 6.93. The van der Waals surface area contributed by atoms with Crippen LogP contribution < -0.4 is 0 Å². The van der Waals surface area contributed by atoms with Gasteiger partial charge >= 0.3 is 0 Å². The third-order valence-corrected chi connectivity index (χ3v) is 4.28. The molecule has 2 rings (SSSR count). The van der Waals surface area contributed by atoms with Crippen LogP contribution in [0, 0.1) is 5.92 Å². The molecule has 0 unspecified atom stereocenters. The van der Waals surface area contributed by atoms with Gasteiger partial charge in [0.05, 0.1) is 13.2 Å². The molecule has 2 nitrogen and oxygen atoms in total. The van der Waals surface area contributed by atoms with Gasteiger partial charge < -0.3 is 9.47 Å². The molecule has 0 aromatic heterocycles. The van der Waals surface area contributed by atoms with Crippen LogP contribution in [0.2, 0.25) is 0 Å². The van der Waals surface area contributed by atoms with E-state index in [-0.39, 0.29) is 6.29 Å². The molecular formula is C16H22F2O2S. The monoisotopic (exact) mass is 316 g/mol. The lowest BCUT2D eigenvalue weighted by Gasteiger charge is -2.29. The Bertz CT molecular complexity index is 403. The summed E-state index contributed by atoms with van der Waals surface area (Å²) in [5.41, 5.74) is 0.889. The highest BCUT2D eigenvalue weighted by Crippen LogP contribution is 2.30. The second-order valence-electron chi connectivity index (χ2n) is 5.31. The van der Waals surface area contributed by atoms with E-state index < -0.39 is 5.76 Å². The van der Waals surface area contributed by atoms with Gasteiger partial charge in [-0.15, -0.1) is 0 Å². The van der Waals surface area contributed by atoms with Crippen LogP contribution in [0.4, 0.5) is 8.78 Å². The summed E-state index contributed by atoms with van der Waals surface area (Å²) in [4.78, 5) is 0.557. The normalized spacial score (nSPS) is 22.7. The molecule has 1 aliphatic heterocycles. The standard InChI is InChI=1S/C16H22F2O2S/c1-2-3-4-5-12-10-19-15(20-11-12)13-6-8-14(9-7-13)21-16(17)18/h6-9,12,15-16H,2-5,10-11H2,1H3. The minimum atomic E-state index is -2.39. The molecular weight excluding hydrogens is 294 g/mol. The molecule has 1 aromatic carbocycles. The summed E-state index contributed by atoms with van der Waals surface area (Å²) in [6, 6.07) is 6.97. The number of thioether (sulfide) groups is 1. The molecule has 118 valence electrons. The first kappa shape index (κ1) is 16.7. The van der Waals surface area contributed by atoms with Crippen molar-refractivity contribution in [3.8, 4) is 0 Å². The van der Waals surface area contributed by atoms with Crippen molar-refractivity contribution >= 4 is 11.8 Å². The van der Waals surface area contributed by atoms with Crippen molar-refractivity contribution in [1.82, 2.24) is 0 Å². The Morgan fingerprint density at radius 3 is 2.38 bits per heavy atom. The first-order valence-corrected chi connectivity index (χ1v) is 8.35. The highest BCUT2D eigenvalue weighted by atomic mass is 32.2. The van der Waals surface area contributed by atoms with Crippen LogP contribution >= 0.6 is 11.8 Å². The van der Waals surface area contributed by atoms with Crippen LogP contribution in [0.3, 0.4) is 0 Å². The summed E-state index contributed by atoms with van der Waals surface area (Å²) in [5.74, 6) is -1.91. The van der Waals surface area contributed by atoms with Gasteiger partial charge in [0.25, 0.3) is 5.76 Å². The SMILES string of the molecule is CCCCCC1COC(c2ccc(SC(F)F)cc2)OC1. The number of halogens is 2. The topological polar surface area (TPSA) is 18.5 Å². The first-order valence-electron chi connectivity index (χ1n) is 7.47. The summed E-state index contributed by atoms with van der Waals surface area (Å²) in [7, 11) is 0. The van der Waals surface area contributed by atoms with Gasteiger partial charge in [0.2, 0.25) is 0 Å². The molecule has 0 aliphatic carbocycles. The van der Waals surface area contributed by atoms with Crippen LogP contribution in [0.15, 0.2) is 29.2 Å². The van der Waals surface area contributed by atoms with Crippen molar-refractivity contribution in [2.24, 2.45) is 5.92 Å². The summed E-state index contributed by atoms with van der Waals surface area (Å²) < 4.78 is 36.0. The minimum absolute atomic E-state index is 0.363. The van der Waals surface area contributed by atoms with Crippen molar-refractivity contribution in [3.05, 3.63) is 29.8 Å². The van der Waals surface area contributed by atoms with Crippen LogP contribution in [0.25, 0.3) is 0 Å². The molecule has 1 fully saturated rings. The van der Waals surface area contributed by atoms with Gasteiger partial charge in [0, 0.05) is 16.4 Å². The number of rotatable bonds is 7. The Labute approximate surface area is 129 Å². The zero-order valence-electron chi connectivity index (χ0n) is 12.3. The second-order valence-corrected chi connectivity index (χ2v) is 6.37. The summed E-state index contributed by atoms with van der Waals surface area (Å²) in [6.07, 6.45) is 4.48. The molecule has 21 heavy (non-hydrogen) atoms. The van der Waals surface area contributed by atoms with Crippen LogP contribution in [0.5, 0.6) is 0 Å². The fourth-order valence-corrected chi connectivity index (χ4v) is 2.89. The number of ether oxygens (including phenoxy) is 2. The number of hydrogen-bond donors (Lipinski definition) is 0. The Balaban J connectivity index is 1.79. The highest BCUT2D eigenvalue weighted by Gasteiger charge is 2.23. The lowest BCUT2D eigenvalue weighted by atomic mass is 10.0. The van der Waals surface area contributed by atoms with E-state index in [1.54, 1.807) is 24.3 Å². The summed E-state index contributed by atoms with van der Waals surface area (Å²) in [6.45, 7) is 3.61. The average molecular weight is 316 g/mol. The second kappa shape index (κ2) is 8.71. The van der Waals surface area contributed by atoms with E-state index in [9.17, 15) is 8.78 Å². The van der Waals surface area contributed by atoms with E-state index in [0.29, 0.717) is 35.8 Å². The van der Waals surface area contributed by atoms with Crippen LogP contribution in [-0.4, -0.2) is 19.0 Å². The van der Waals surface area contributed by atoms with Gasteiger partial charge in [-0.25, -0.2) is 0 Å². The van der Waals surface area contributed by atoms with E-state index in [1.165, 1.54) is 19.3 Å². The molecule has 0 N–H and O–H groups in total. The predicted molar refractivity (Wildman–Crippen MR) is 80.6 cm³/mol. The maximum Gasteiger partial charge on any atom is 0.288 e. The van der Waals surface area contributed by atoms with E-state index >= 15 is 0 Å². The van der Waals surface area contributed by atoms with E-state index in [1.807, 2.05) is 0 Å². The summed E-state index contributed by atoms with van der Waals surface area (Å²) >= 11 is 0.550. The summed E-state index contributed by atoms with van der Waals surface area (Å²) in [5, 5.41) is 0. The van der Waals surface area contributed by atoms with Gasteiger partial charge in [0.1, 0.15) is 0 Å². The lowest BCUT2D eigenvalue weighted by Crippen LogP contribution is -2.27. The van der Waals surface area contributed by atoms with Crippen molar-refractivity contribution in [1.29, 1.82) is 0 Å². The van der Waals surface area contributed by atoms with Crippen molar-refractivity contribution in [2.45, 2.75) is 49.6 Å². The van der Waals surface area contributed by atoms with E-state index in [2.05, 4.69) is 6.92 Å². The third kappa shape index (κ3) is 5.57. The zero-order valence-corrected chi connectivity index (χ0v) is 13.1. The quantitative estimate of drug-likeness (QED) is 0.506. The molecule has 0 atom stereocenters. The largest absolute Gasteiger partial charge is 0.348 e. The fourth-order valence-electron chi connectivity index (χ4n) is 2.39. The number of benzene rings is 1. The van der Waals surface area contributed by atoms with Gasteiger partial charge in [-0.1, -0.05) is 50.1 Å². The maximum atomic E-state index is 12.3. The molecule has 0 amide bonds. The molecule has 1 aromatic rings. The predicted octanol–water partition coefficient (Wildman–Crippen LogP) is 5.24. The molecule has 0 spiro atoms. The van der Waals surface area contributed by atoms with E-state index in [4.69, 9.17) is 9.47 Å². The van der Waals surface area contributed by atoms with Crippen LogP contribution in [0.1, 0.15) is 44.5 Å². The van der Waals surface area contributed by atoms with E-state index in [0.717, 1.165) is 12.0 Å². The molecule has 0 bridgehead atoms. The lowest BCUT2D eigenvalue weighted by molar-refractivity contribution is -0.206. The van der Waals surface area contributed by atoms with Crippen molar-refractivity contribution < 1.29 is 18.3 Å². The van der Waals surface area contributed by atoms with Gasteiger partial charge in [0.15, 0.2) is 6.29 Å². The highest BCUT2D eigenvalue weighted by molar-refractivity contribution is 7.99. The zero-order chi connectivity index (χ0) is 15.1. The van der Waals surface area contributed by atoms with Gasteiger partial charge in [-0.05, 0) is 18.6 Å². The van der Waals surface area contributed by atoms with Gasteiger partial charge in [-0.2, -0.15) is 8.78 Å². The maximum absolute atomic E-state index is 12.3. The van der Waals surface area contributed by atoms with Crippen LogP contribution in [-0.2, 0) is 9.47 Å². The fraction of sp³-hybridized carbons (Fsp3) is 0.625. The molecule has 1 aliphatic rings. The van der Waals surface area contributed by atoms with Gasteiger partial charge in [-0.3, -0.25) is 0 Å². The Morgan fingerprint density at radius 1 is 1.14 bits per heavy atom. The molecule has 0 saturated carbocycles.